The molecule has 1 atom stereocenters. The van der Waals surface area contributed by atoms with E-state index in [0.717, 1.165) is 26.7 Å². The smallest absolute Gasteiger partial charge is 0.251 e. The number of hydrogen-bond donors (Lipinski definition) is 2. The zero-order chi connectivity index (χ0) is 26.0. The zero-order valence-corrected chi connectivity index (χ0v) is 22.4. The second kappa shape index (κ2) is 13.5. The van der Waals surface area contributed by atoms with Crippen molar-refractivity contribution in [2.24, 2.45) is 0 Å². The molecule has 190 valence electrons. The maximum atomic E-state index is 12.5. The molecule has 4 rings (SSSR count). The minimum Gasteiger partial charge on any atom is -0.489 e. The van der Waals surface area contributed by atoms with Crippen molar-refractivity contribution in [3.8, 4) is 5.75 Å². The van der Waals surface area contributed by atoms with Crippen LogP contribution in [0.25, 0.3) is 0 Å². The van der Waals surface area contributed by atoms with Crippen molar-refractivity contribution in [1.29, 1.82) is 0 Å². The van der Waals surface area contributed by atoms with Crippen molar-refractivity contribution in [3.05, 3.63) is 124 Å². The monoisotopic (exact) mass is 551 g/mol. The predicted molar refractivity (Wildman–Crippen MR) is 151 cm³/mol. The van der Waals surface area contributed by atoms with Gasteiger partial charge in [-0.2, -0.15) is 0 Å². The standard InChI is InChI=1S/C30H27Cl2NO3S/c31-24-13-9-23(10-14-24)30(35)33-25(19-34)15-11-22-12-16-28(18-29(22)32)37-27-8-4-7-26(17-27)36-20-21-5-2-1-3-6-21/h1-10,12-14,16-18,25,34H,11,15,19-20H2,(H,33,35). The Kier molecular flexibility index (Phi) is 9.92. The third-order valence-electron chi connectivity index (χ3n) is 5.74. The first-order chi connectivity index (χ1) is 18.0. The van der Waals surface area contributed by atoms with E-state index in [1.54, 1.807) is 36.0 Å². The van der Waals surface area contributed by atoms with Crippen LogP contribution in [0.2, 0.25) is 10.0 Å². The Labute approximate surface area is 231 Å². The number of aliphatic hydroxyl groups excluding tert-OH is 1. The van der Waals surface area contributed by atoms with E-state index in [4.69, 9.17) is 27.9 Å². The molecular formula is C30H27Cl2NO3S. The minimum absolute atomic E-state index is 0.159. The lowest BCUT2D eigenvalue weighted by atomic mass is 10.0. The summed E-state index contributed by atoms with van der Waals surface area (Å²) in [5.41, 5.74) is 2.58. The van der Waals surface area contributed by atoms with Gasteiger partial charge in [-0.05, 0) is 78.6 Å². The van der Waals surface area contributed by atoms with Gasteiger partial charge in [-0.15, -0.1) is 0 Å². The topological polar surface area (TPSA) is 58.6 Å². The Balaban J connectivity index is 1.31. The summed E-state index contributed by atoms with van der Waals surface area (Å²) in [7, 11) is 0. The predicted octanol–water partition coefficient (Wildman–Crippen LogP) is 7.45. The van der Waals surface area contributed by atoms with Gasteiger partial charge in [-0.25, -0.2) is 0 Å². The van der Waals surface area contributed by atoms with E-state index in [-0.39, 0.29) is 18.6 Å². The van der Waals surface area contributed by atoms with Crippen LogP contribution in [0.3, 0.4) is 0 Å². The number of aryl methyl sites for hydroxylation is 1. The molecule has 37 heavy (non-hydrogen) atoms. The van der Waals surface area contributed by atoms with Gasteiger partial charge in [0.2, 0.25) is 0 Å². The van der Waals surface area contributed by atoms with Gasteiger partial charge in [0.05, 0.1) is 12.6 Å². The van der Waals surface area contributed by atoms with Gasteiger partial charge < -0.3 is 15.2 Å². The van der Waals surface area contributed by atoms with Crippen LogP contribution in [0.15, 0.2) is 107 Å². The van der Waals surface area contributed by atoms with Crippen LogP contribution in [-0.2, 0) is 13.0 Å². The second-order valence-electron chi connectivity index (χ2n) is 8.50. The quantitative estimate of drug-likeness (QED) is 0.203. The van der Waals surface area contributed by atoms with Gasteiger partial charge in [-0.1, -0.05) is 77.4 Å². The summed E-state index contributed by atoms with van der Waals surface area (Å²) in [4.78, 5) is 14.5. The molecule has 0 spiro atoms. The number of rotatable bonds is 11. The van der Waals surface area contributed by atoms with Crippen LogP contribution in [-0.4, -0.2) is 23.7 Å². The molecule has 0 aliphatic heterocycles. The summed E-state index contributed by atoms with van der Waals surface area (Å²) >= 11 is 14.1. The van der Waals surface area contributed by atoms with Crippen molar-refractivity contribution >= 4 is 40.9 Å². The number of hydrogen-bond acceptors (Lipinski definition) is 4. The SMILES string of the molecule is O=C(NC(CO)CCc1ccc(Sc2cccc(OCc3ccccc3)c2)cc1Cl)c1ccc(Cl)cc1. The molecule has 0 bridgehead atoms. The average molecular weight is 553 g/mol. The van der Waals surface area contributed by atoms with E-state index < -0.39 is 0 Å². The van der Waals surface area contributed by atoms with Crippen molar-refractivity contribution < 1.29 is 14.6 Å². The average Bonchev–Trinajstić information content (AvgIpc) is 2.92. The first-order valence-corrected chi connectivity index (χ1v) is 13.5. The van der Waals surface area contributed by atoms with Gasteiger partial charge in [0.1, 0.15) is 12.4 Å². The van der Waals surface area contributed by atoms with E-state index in [9.17, 15) is 9.90 Å². The normalized spacial score (nSPS) is 11.6. The molecule has 0 radical (unpaired) electrons. The highest BCUT2D eigenvalue weighted by atomic mass is 35.5. The lowest BCUT2D eigenvalue weighted by Gasteiger charge is -2.17. The Bertz CT molecular complexity index is 1320. The Morgan fingerprint density at radius 2 is 1.65 bits per heavy atom. The maximum Gasteiger partial charge on any atom is 0.251 e. The van der Waals surface area contributed by atoms with Crippen LogP contribution >= 0.6 is 35.0 Å². The fourth-order valence-electron chi connectivity index (χ4n) is 3.71. The Hall–Kier alpha value is -2.96. The van der Waals surface area contributed by atoms with E-state index in [1.165, 1.54) is 0 Å². The van der Waals surface area contributed by atoms with E-state index >= 15 is 0 Å². The number of amides is 1. The van der Waals surface area contributed by atoms with E-state index in [1.807, 2.05) is 72.8 Å². The summed E-state index contributed by atoms with van der Waals surface area (Å²) in [5.74, 6) is 0.566. The summed E-state index contributed by atoms with van der Waals surface area (Å²) in [6.45, 7) is 0.359. The number of carbonyl (C=O) groups is 1. The fraction of sp³-hybridized carbons (Fsp3) is 0.167. The molecule has 0 aliphatic rings. The number of nitrogens with one attached hydrogen (secondary N) is 1. The molecular weight excluding hydrogens is 525 g/mol. The lowest BCUT2D eigenvalue weighted by Crippen LogP contribution is -2.37. The Morgan fingerprint density at radius 1 is 0.892 bits per heavy atom. The number of halogens is 2. The fourth-order valence-corrected chi connectivity index (χ4v) is 5.08. The number of benzene rings is 4. The van der Waals surface area contributed by atoms with E-state index in [2.05, 4.69) is 5.32 Å². The first-order valence-electron chi connectivity index (χ1n) is 11.9. The third-order valence-corrected chi connectivity index (χ3v) is 7.32. The van der Waals surface area contributed by atoms with Crippen LogP contribution < -0.4 is 10.1 Å². The molecule has 1 amide bonds. The molecule has 0 fully saturated rings. The molecule has 7 heteroatoms. The zero-order valence-electron chi connectivity index (χ0n) is 20.1. The van der Waals surface area contributed by atoms with Gasteiger partial charge in [0.25, 0.3) is 5.91 Å². The first kappa shape index (κ1) is 27.1. The second-order valence-corrected chi connectivity index (χ2v) is 10.5. The number of ether oxygens (including phenoxy) is 1. The molecule has 4 nitrogen and oxygen atoms in total. The molecule has 0 aromatic heterocycles. The van der Waals surface area contributed by atoms with Crippen molar-refractivity contribution in [1.82, 2.24) is 5.32 Å². The van der Waals surface area contributed by atoms with Crippen molar-refractivity contribution in [2.45, 2.75) is 35.3 Å². The maximum absolute atomic E-state index is 12.5. The number of aliphatic hydroxyl groups is 1. The van der Waals surface area contributed by atoms with Crippen molar-refractivity contribution in [3.63, 3.8) is 0 Å². The molecule has 0 heterocycles. The summed E-state index contributed by atoms with van der Waals surface area (Å²) in [6.07, 6.45) is 1.18. The van der Waals surface area contributed by atoms with Crippen LogP contribution in [0, 0.1) is 0 Å². The van der Waals surface area contributed by atoms with Crippen LogP contribution in [0.5, 0.6) is 5.75 Å². The van der Waals surface area contributed by atoms with Crippen LogP contribution in [0.4, 0.5) is 0 Å². The lowest BCUT2D eigenvalue weighted by molar-refractivity contribution is 0.0913. The minimum atomic E-state index is -0.382. The highest BCUT2D eigenvalue weighted by Gasteiger charge is 2.14. The summed E-state index contributed by atoms with van der Waals surface area (Å²) < 4.78 is 5.94. The van der Waals surface area contributed by atoms with Gasteiger partial charge >= 0.3 is 0 Å². The van der Waals surface area contributed by atoms with Gasteiger partial charge in [0.15, 0.2) is 0 Å². The highest BCUT2D eigenvalue weighted by Crippen LogP contribution is 2.33. The largest absolute Gasteiger partial charge is 0.489 e. The summed E-state index contributed by atoms with van der Waals surface area (Å²) in [5, 5.41) is 13.9. The molecule has 2 N–H and O–H groups in total. The third kappa shape index (κ3) is 8.27. The van der Waals surface area contributed by atoms with E-state index in [0.29, 0.717) is 35.1 Å². The molecule has 4 aromatic carbocycles. The number of carbonyl (C=O) groups excluding carboxylic acids is 1. The molecule has 0 saturated heterocycles. The van der Waals surface area contributed by atoms with Crippen molar-refractivity contribution in [2.75, 3.05) is 6.61 Å². The molecule has 0 aliphatic carbocycles. The summed E-state index contributed by atoms with van der Waals surface area (Å²) in [6, 6.07) is 30.3. The van der Waals surface area contributed by atoms with Gasteiger partial charge in [0, 0.05) is 25.4 Å². The van der Waals surface area contributed by atoms with Gasteiger partial charge in [-0.3, -0.25) is 4.79 Å². The molecule has 0 saturated carbocycles. The Morgan fingerprint density at radius 3 is 2.38 bits per heavy atom. The molecule has 4 aromatic rings. The highest BCUT2D eigenvalue weighted by molar-refractivity contribution is 7.99. The molecule has 1 unspecified atom stereocenters. The van der Waals surface area contributed by atoms with Crippen LogP contribution in [0.1, 0.15) is 27.9 Å².